The van der Waals surface area contributed by atoms with Crippen LogP contribution in [0.4, 0.5) is 0 Å². The van der Waals surface area contributed by atoms with Gasteiger partial charge in [0.25, 0.3) is 0 Å². The maximum absolute atomic E-state index is 12.6. The molecule has 3 rings (SSSR count). The second kappa shape index (κ2) is 7.93. The number of carbonyl (C=O) groups is 1. The first kappa shape index (κ1) is 16.5. The van der Waals surface area contributed by atoms with Crippen LogP contribution in [-0.2, 0) is 11.3 Å². The molecule has 0 spiro atoms. The Morgan fingerprint density at radius 1 is 1.04 bits per heavy atom. The molecule has 126 valence electrons. The van der Waals surface area contributed by atoms with Gasteiger partial charge in [0.2, 0.25) is 5.91 Å². The number of carbonyl (C=O) groups excluding carboxylic acids is 1. The predicted octanol–water partition coefficient (Wildman–Crippen LogP) is 2.21. The third-order valence-corrected chi connectivity index (χ3v) is 5.31. The lowest BCUT2D eigenvalue weighted by Gasteiger charge is -2.37. The molecule has 1 unspecified atom stereocenters. The van der Waals surface area contributed by atoms with E-state index in [0.717, 1.165) is 39.3 Å². The molecule has 0 aromatic heterocycles. The number of piperidine rings is 1. The van der Waals surface area contributed by atoms with Crippen molar-refractivity contribution in [2.45, 2.75) is 38.3 Å². The van der Waals surface area contributed by atoms with Crippen molar-refractivity contribution in [1.82, 2.24) is 14.7 Å². The van der Waals surface area contributed by atoms with E-state index >= 15 is 0 Å². The van der Waals surface area contributed by atoms with Crippen LogP contribution in [0.5, 0.6) is 0 Å². The second-order valence-electron chi connectivity index (χ2n) is 6.98. The molecule has 2 heterocycles. The lowest BCUT2D eigenvalue weighted by Crippen LogP contribution is -2.50. The zero-order valence-corrected chi connectivity index (χ0v) is 14.3. The van der Waals surface area contributed by atoms with Crippen LogP contribution in [0.2, 0.25) is 0 Å². The standard InChI is InChI=1S/C19H29N3O/c1-20-10-6-5-9-18(20)15-19(23)22-13-11-21(12-14-22)16-17-7-3-2-4-8-17/h2-4,7-8,18H,5-6,9-16H2,1H3. The number of piperazine rings is 1. The van der Waals surface area contributed by atoms with Crippen molar-refractivity contribution in [2.24, 2.45) is 0 Å². The van der Waals surface area contributed by atoms with Gasteiger partial charge in [-0.1, -0.05) is 36.8 Å². The molecule has 2 aliphatic heterocycles. The van der Waals surface area contributed by atoms with Gasteiger partial charge < -0.3 is 9.80 Å². The van der Waals surface area contributed by atoms with Gasteiger partial charge in [0.1, 0.15) is 0 Å². The molecule has 1 aromatic carbocycles. The van der Waals surface area contributed by atoms with Gasteiger partial charge in [0, 0.05) is 45.2 Å². The largest absolute Gasteiger partial charge is 0.340 e. The van der Waals surface area contributed by atoms with Gasteiger partial charge in [-0.25, -0.2) is 0 Å². The Bertz CT molecular complexity index is 497. The maximum atomic E-state index is 12.6. The normalized spacial score (nSPS) is 23.9. The van der Waals surface area contributed by atoms with Crippen LogP contribution in [0.25, 0.3) is 0 Å². The first-order valence-electron chi connectivity index (χ1n) is 8.96. The SMILES string of the molecule is CN1CCCCC1CC(=O)N1CCN(Cc2ccccc2)CC1. The van der Waals surface area contributed by atoms with E-state index in [4.69, 9.17) is 0 Å². The van der Waals surface area contributed by atoms with Crippen molar-refractivity contribution in [3.05, 3.63) is 35.9 Å². The molecular weight excluding hydrogens is 286 g/mol. The van der Waals surface area contributed by atoms with Gasteiger partial charge in [-0.15, -0.1) is 0 Å². The van der Waals surface area contributed by atoms with E-state index in [0.29, 0.717) is 18.4 Å². The molecule has 1 atom stereocenters. The summed E-state index contributed by atoms with van der Waals surface area (Å²) in [5.74, 6) is 0.350. The Hall–Kier alpha value is -1.39. The molecule has 2 aliphatic rings. The minimum Gasteiger partial charge on any atom is -0.340 e. The number of hydrogen-bond donors (Lipinski definition) is 0. The molecular formula is C19H29N3O. The van der Waals surface area contributed by atoms with E-state index in [1.54, 1.807) is 0 Å². The fraction of sp³-hybridized carbons (Fsp3) is 0.632. The van der Waals surface area contributed by atoms with E-state index in [1.807, 2.05) is 0 Å². The molecule has 0 radical (unpaired) electrons. The van der Waals surface area contributed by atoms with Gasteiger partial charge in [0.05, 0.1) is 0 Å². The first-order chi connectivity index (χ1) is 11.2. The van der Waals surface area contributed by atoms with Crippen LogP contribution in [0.3, 0.4) is 0 Å². The van der Waals surface area contributed by atoms with E-state index < -0.39 is 0 Å². The van der Waals surface area contributed by atoms with Crippen molar-refractivity contribution in [2.75, 3.05) is 39.8 Å². The van der Waals surface area contributed by atoms with Gasteiger partial charge >= 0.3 is 0 Å². The van der Waals surface area contributed by atoms with Crippen LogP contribution in [-0.4, -0.2) is 66.4 Å². The molecule has 1 amide bonds. The Kier molecular flexibility index (Phi) is 5.68. The molecule has 1 aromatic rings. The molecule has 0 saturated carbocycles. The summed E-state index contributed by atoms with van der Waals surface area (Å²) in [6.07, 6.45) is 4.43. The zero-order chi connectivity index (χ0) is 16.1. The minimum absolute atomic E-state index is 0.350. The molecule has 23 heavy (non-hydrogen) atoms. The van der Waals surface area contributed by atoms with Crippen molar-refractivity contribution >= 4 is 5.91 Å². The average molecular weight is 315 g/mol. The highest BCUT2D eigenvalue weighted by Crippen LogP contribution is 2.19. The van der Waals surface area contributed by atoms with Crippen molar-refractivity contribution < 1.29 is 4.79 Å². The molecule has 0 aliphatic carbocycles. The van der Waals surface area contributed by atoms with Crippen molar-refractivity contribution in [3.63, 3.8) is 0 Å². The Labute approximate surface area is 140 Å². The van der Waals surface area contributed by atoms with Gasteiger partial charge in [-0.05, 0) is 32.0 Å². The van der Waals surface area contributed by atoms with Gasteiger partial charge in [0.15, 0.2) is 0 Å². The number of amides is 1. The second-order valence-corrected chi connectivity index (χ2v) is 6.98. The Morgan fingerprint density at radius 3 is 2.48 bits per heavy atom. The average Bonchev–Trinajstić information content (AvgIpc) is 2.58. The minimum atomic E-state index is 0.350. The van der Waals surface area contributed by atoms with Crippen molar-refractivity contribution in [3.8, 4) is 0 Å². The summed E-state index contributed by atoms with van der Waals surface area (Å²) in [6, 6.07) is 11.1. The first-order valence-corrected chi connectivity index (χ1v) is 8.96. The molecule has 0 bridgehead atoms. The smallest absolute Gasteiger partial charge is 0.224 e. The van der Waals surface area contributed by atoms with E-state index in [9.17, 15) is 4.79 Å². The van der Waals surface area contributed by atoms with Crippen LogP contribution in [0.1, 0.15) is 31.2 Å². The van der Waals surface area contributed by atoms with Crippen LogP contribution >= 0.6 is 0 Å². The monoisotopic (exact) mass is 315 g/mol. The number of rotatable bonds is 4. The van der Waals surface area contributed by atoms with Gasteiger partial charge in [-0.3, -0.25) is 9.69 Å². The predicted molar refractivity (Wildman–Crippen MR) is 93.2 cm³/mol. The van der Waals surface area contributed by atoms with E-state index in [1.165, 1.54) is 24.8 Å². The maximum Gasteiger partial charge on any atom is 0.224 e. The number of nitrogens with zero attached hydrogens (tertiary/aromatic N) is 3. The molecule has 4 nitrogen and oxygen atoms in total. The highest BCUT2D eigenvalue weighted by molar-refractivity contribution is 5.77. The highest BCUT2D eigenvalue weighted by atomic mass is 16.2. The van der Waals surface area contributed by atoms with E-state index in [-0.39, 0.29) is 0 Å². The Morgan fingerprint density at radius 2 is 1.78 bits per heavy atom. The third-order valence-electron chi connectivity index (χ3n) is 5.31. The molecule has 0 N–H and O–H groups in total. The van der Waals surface area contributed by atoms with Crippen LogP contribution in [0, 0.1) is 0 Å². The van der Waals surface area contributed by atoms with Gasteiger partial charge in [-0.2, -0.15) is 0 Å². The molecule has 2 saturated heterocycles. The third kappa shape index (κ3) is 4.55. The summed E-state index contributed by atoms with van der Waals surface area (Å²) in [5, 5.41) is 0. The fourth-order valence-electron chi connectivity index (χ4n) is 3.73. The quantitative estimate of drug-likeness (QED) is 0.852. The summed E-state index contributed by atoms with van der Waals surface area (Å²) in [7, 11) is 2.16. The highest BCUT2D eigenvalue weighted by Gasteiger charge is 2.26. The van der Waals surface area contributed by atoms with E-state index in [2.05, 4.69) is 52.1 Å². The fourth-order valence-corrected chi connectivity index (χ4v) is 3.73. The Balaban J connectivity index is 1.44. The summed E-state index contributed by atoms with van der Waals surface area (Å²) < 4.78 is 0. The summed E-state index contributed by atoms with van der Waals surface area (Å²) in [5.41, 5.74) is 1.36. The summed E-state index contributed by atoms with van der Waals surface area (Å²) in [6.45, 7) is 5.86. The lowest BCUT2D eigenvalue weighted by molar-refractivity contribution is -0.134. The number of benzene rings is 1. The van der Waals surface area contributed by atoms with Crippen LogP contribution < -0.4 is 0 Å². The number of hydrogen-bond acceptors (Lipinski definition) is 3. The summed E-state index contributed by atoms with van der Waals surface area (Å²) in [4.78, 5) is 19.4. The zero-order valence-electron chi connectivity index (χ0n) is 14.3. The summed E-state index contributed by atoms with van der Waals surface area (Å²) >= 11 is 0. The molecule has 4 heteroatoms. The lowest BCUT2D eigenvalue weighted by atomic mass is 9.99. The topological polar surface area (TPSA) is 26.8 Å². The van der Waals surface area contributed by atoms with Crippen molar-refractivity contribution in [1.29, 1.82) is 0 Å². The number of likely N-dealkylation sites (tertiary alicyclic amines) is 1. The van der Waals surface area contributed by atoms with Crippen LogP contribution in [0.15, 0.2) is 30.3 Å². The molecule has 2 fully saturated rings.